The van der Waals surface area contributed by atoms with Crippen LogP contribution >= 0.6 is 0 Å². The second kappa shape index (κ2) is 7.17. The number of ketones is 2. The zero-order valence-electron chi connectivity index (χ0n) is 11.8. The lowest BCUT2D eigenvalue weighted by Crippen LogP contribution is -2.25. The molecule has 0 fully saturated rings. The number of alkyl halides is 1. The van der Waals surface area contributed by atoms with E-state index in [0.29, 0.717) is 12.0 Å². The van der Waals surface area contributed by atoms with Crippen molar-refractivity contribution >= 4 is 11.6 Å². The number of benzene rings is 1. The van der Waals surface area contributed by atoms with Crippen LogP contribution in [0.3, 0.4) is 0 Å². The molecular formula is C16H21FO2. The van der Waals surface area contributed by atoms with E-state index in [2.05, 4.69) is 0 Å². The normalized spacial score (nSPS) is 12.2. The van der Waals surface area contributed by atoms with Gasteiger partial charge in [-0.1, -0.05) is 26.8 Å². The minimum Gasteiger partial charge on any atom is -0.296 e. The molecule has 0 amide bonds. The van der Waals surface area contributed by atoms with Gasteiger partial charge in [-0.2, -0.15) is 0 Å². The highest BCUT2D eigenvalue weighted by atomic mass is 19.1. The van der Waals surface area contributed by atoms with Gasteiger partial charge in [-0.15, -0.1) is 0 Å². The molecule has 0 heterocycles. The van der Waals surface area contributed by atoms with Crippen LogP contribution in [0.15, 0.2) is 18.2 Å². The topological polar surface area (TPSA) is 34.1 Å². The molecule has 0 saturated heterocycles. The van der Waals surface area contributed by atoms with Crippen molar-refractivity contribution in [2.75, 3.05) is 0 Å². The highest BCUT2D eigenvalue weighted by Gasteiger charge is 2.26. The summed E-state index contributed by atoms with van der Waals surface area (Å²) in [6.07, 6.45) is 0.224. The highest BCUT2D eigenvalue weighted by Crippen LogP contribution is 2.16. The molecule has 3 heteroatoms. The van der Waals surface area contributed by atoms with E-state index in [9.17, 15) is 14.0 Å². The van der Waals surface area contributed by atoms with Crippen molar-refractivity contribution in [2.24, 2.45) is 0 Å². The Morgan fingerprint density at radius 2 is 1.58 bits per heavy atom. The van der Waals surface area contributed by atoms with Gasteiger partial charge in [-0.25, -0.2) is 4.39 Å². The van der Waals surface area contributed by atoms with Crippen molar-refractivity contribution in [3.63, 3.8) is 0 Å². The van der Waals surface area contributed by atoms with Crippen molar-refractivity contribution in [2.45, 2.75) is 52.6 Å². The SMILES string of the molecule is CCCC(=O)C(F)C(=O)c1cc(CC)cc(CC)c1. The quantitative estimate of drug-likeness (QED) is 0.556. The van der Waals surface area contributed by atoms with Crippen LogP contribution in [-0.2, 0) is 17.6 Å². The standard InChI is InChI=1S/C16H21FO2/c1-4-7-14(18)15(17)16(19)13-9-11(5-2)8-12(6-3)10-13/h8-10,15H,4-7H2,1-3H3. The van der Waals surface area contributed by atoms with Crippen LogP contribution in [0.4, 0.5) is 4.39 Å². The van der Waals surface area contributed by atoms with Gasteiger partial charge in [0.2, 0.25) is 12.0 Å². The lowest BCUT2D eigenvalue weighted by Gasteiger charge is -2.09. The Morgan fingerprint density at radius 3 is 2.00 bits per heavy atom. The number of Topliss-reactive ketones (excluding diaryl/α,β-unsaturated/α-hetero) is 2. The number of rotatable bonds is 7. The third kappa shape index (κ3) is 3.98. The van der Waals surface area contributed by atoms with Crippen LogP contribution in [-0.4, -0.2) is 17.7 Å². The molecule has 1 atom stereocenters. The molecule has 1 rings (SSSR count). The fourth-order valence-electron chi connectivity index (χ4n) is 1.98. The first-order chi connectivity index (χ1) is 9.03. The van der Waals surface area contributed by atoms with Crippen molar-refractivity contribution in [1.29, 1.82) is 0 Å². The monoisotopic (exact) mass is 264 g/mol. The van der Waals surface area contributed by atoms with Crippen molar-refractivity contribution < 1.29 is 14.0 Å². The van der Waals surface area contributed by atoms with Gasteiger partial charge in [-0.3, -0.25) is 9.59 Å². The maximum atomic E-state index is 13.8. The number of halogens is 1. The van der Waals surface area contributed by atoms with Crippen molar-refractivity contribution in [3.8, 4) is 0 Å². The summed E-state index contributed by atoms with van der Waals surface area (Å²) in [7, 11) is 0. The fourth-order valence-corrected chi connectivity index (χ4v) is 1.98. The van der Waals surface area contributed by atoms with E-state index in [1.807, 2.05) is 19.9 Å². The van der Waals surface area contributed by atoms with Crippen LogP contribution < -0.4 is 0 Å². The summed E-state index contributed by atoms with van der Waals surface area (Å²) < 4.78 is 13.8. The predicted octanol–water partition coefficient (Wildman–Crippen LogP) is 3.70. The first-order valence-electron chi connectivity index (χ1n) is 6.87. The number of carbonyl (C=O) groups is 2. The molecule has 1 aromatic rings. The number of aryl methyl sites for hydroxylation is 2. The molecule has 0 spiro atoms. The molecule has 0 bridgehead atoms. The molecule has 0 aliphatic rings. The van der Waals surface area contributed by atoms with Gasteiger partial charge in [0.25, 0.3) is 0 Å². The van der Waals surface area contributed by atoms with Crippen molar-refractivity contribution in [1.82, 2.24) is 0 Å². The molecule has 2 nitrogen and oxygen atoms in total. The van der Waals surface area contributed by atoms with Crippen LogP contribution in [0.25, 0.3) is 0 Å². The second-order valence-electron chi connectivity index (χ2n) is 4.69. The summed E-state index contributed by atoms with van der Waals surface area (Å²) in [5.41, 5.74) is 2.31. The lowest BCUT2D eigenvalue weighted by atomic mass is 9.96. The molecule has 0 aliphatic heterocycles. The zero-order valence-corrected chi connectivity index (χ0v) is 11.8. The summed E-state index contributed by atoms with van der Waals surface area (Å²) in [6, 6.07) is 5.39. The molecule has 19 heavy (non-hydrogen) atoms. The first-order valence-corrected chi connectivity index (χ1v) is 6.87. The summed E-state index contributed by atoms with van der Waals surface area (Å²) in [5, 5.41) is 0. The summed E-state index contributed by atoms with van der Waals surface area (Å²) in [6.45, 7) is 5.76. The van der Waals surface area contributed by atoms with Gasteiger partial charge in [0.1, 0.15) is 0 Å². The molecule has 0 saturated carbocycles. The Kier molecular flexibility index (Phi) is 5.87. The number of hydrogen-bond acceptors (Lipinski definition) is 2. The molecule has 0 N–H and O–H groups in total. The van der Waals surface area contributed by atoms with E-state index < -0.39 is 17.7 Å². The zero-order chi connectivity index (χ0) is 14.4. The second-order valence-corrected chi connectivity index (χ2v) is 4.69. The number of hydrogen-bond donors (Lipinski definition) is 0. The Hall–Kier alpha value is -1.51. The van der Waals surface area contributed by atoms with Gasteiger partial charge >= 0.3 is 0 Å². The lowest BCUT2D eigenvalue weighted by molar-refractivity contribution is -0.122. The van der Waals surface area contributed by atoms with Crippen molar-refractivity contribution in [3.05, 3.63) is 34.9 Å². The van der Waals surface area contributed by atoms with E-state index in [1.165, 1.54) is 0 Å². The summed E-state index contributed by atoms with van der Waals surface area (Å²) in [4.78, 5) is 23.5. The van der Waals surface area contributed by atoms with E-state index in [0.717, 1.165) is 24.0 Å². The van der Waals surface area contributed by atoms with Gasteiger partial charge in [0.05, 0.1) is 0 Å². The van der Waals surface area contributed by atoms with Gasteiger partial charge < -0.3 is 0 Å². The van der Waals surface area contributed by atoms with Gasteiger partial charge in [-0.05, 0) is 42.5 Å². The maximum Gasteiger partial charge on any atom is 0.220 e. The maximum absolute atomic E-state index is 13.8. The van der Waals surface area contributed by atoms with Crippen LogP contribution in [0.5, 0.6) is 0 Å². The Balaban J connectivity index is 3.01. The molecule has 0 radical (unpaired) electrons. The molecule has 0 aromatic heterocycles. The average Bonchev–Trinajstić information content (AvgIpc) is 2.45. The largest absolute Gasteiger partial charge is 0.296 e. The summed E-state index contributed by atoms with van der Waals surface area (Å²) in [5.74, 6) is -1.32. The van der Waals surface area contributed by atoms with Crippen LogP contribution in [0, 0.1) is 0 Å². The Labute approximate surface area is 114 Å². The third-order valence-corrected chi connectivity index (χ3v) is 3.16. The number of carbonyl (C=O) groups excluding carboxylic acids is 2. The smallest absolute Gasteiger partial charge is 0.220 e. The van der Waals surface area contributed by atoms with Gasteiger partial charge in [0.15, 0.2) is 5.78 Å². The molecule has 1 unspecified atom stereocenters. The van der Waals surface area contributed by atoms with E-state index in [-0.39, 0.29) is 6.42 Å². The predicted molar refractivity (Wildman–Crippen MR) is 74.3 cm³/mol. The molecule has 1 aromatic carbocycles. The summed E-state index contributed by atoms with van der Waals surface area (Å²) >= 11 is 0. The van der Waals surface area contributed by atoms with Crippen LogP contribution in [0.2, 0.25) is 0 Å². The van der Waals surface area contributed by atoms with E-state index in [1.54, 1.807) is 19.1 Å². The van der Waals surface area contributed by atoms with Gasteiger partial charge in [0, 0.05) is 12.0 Å². The first kappa shape index (κ1) is 15.5. The Morgan fingerprint density at radius 1 is 1.05 bits per heavy atom. The minimum atomic E-state index is -2.02. The molecule has 0 aliphatic carbocycles. The molecular weight excluding hydrogens is 243 g/mol. The van der Waals surface area contributed by atoms with E-state index >= 15 is 0 Å². The van der Waals surface area contributed by atoms with Crippen LogP contribution in [0.1, 0.15) is 55.1 Å². The average molecular weight is 264 g/mol. The minimum absolute atomic E-state index is 0.112. The van der Waals surface area contributed by atoms with E-state index in [4.69, 9.17) is 0 Å². The molecule has 104 valence electrons. The third-order valence-electron chi connectivity index (χ3n) is 3.16. The highest BCUT2D eigenvalue weighted by molar-refractivity contribution is 6.13. The fraction of sp³-hybridized carbons (Fsp3) is 0.500. The Bertz CT molecular complexity index is 444.